The first-order valence-electron chi connectivity index (χ1n) is 18.0. The molecule has 3 aromatic carbocycles. The number of aromatic nitrogens is 4. The number of hydrogen-bond acceptors (Lipinski definition) is 6. The SMILES string of the molecule is CC(C)(C)c1cc(NC(=O)Nc2ccc(-n3cnc4cc(CCCCCC#Cc5cccc6c5CN(C5CCC(=O)NC5=O)C6=O)ccc43)cc2)[nH]n1. The number of nitrogens with one attached hydrogen (secondary N) is 4. The van der Waals surface area contributed by atoms with Crippen LogP contribution in [0.3, 0.4) is 0 Å². The van der Waals surface area contributed by atoms with Crippen LogP contribution in [0, 0.1) is 11.8 Å². The number of H-pyrrole nitrogens is 1. The number of carbonyl (C=O) groups excluding carboxylic acids is 4. The summed E-state index contributed by atoms with van der Waals surface area (Å²) in [4.78, 5) is 55.8. The van der Waals surface area contributed by atoms with Gasteiger partial charge in [-0.2, -0.15) is 5.10 Å². The zero-order valence-corrected chi connectivity index (χ0v) is 30.1. The van der Waals surface area contributed by atoms with E-state index in [2.05, 4.69) is 81.9 Å². The van der Waals surface area contributed by atoms with E-state index in [9.17, 15) is 19.2 Å². The highest BCUT2D eigenvalue weighted by atomic mass is 16.2. The molecule has 1 saturated heterocycles. The van der Waals surface area contributed by atoms with Crippen LogP contribution in [0.4, 0.5) is 16.3 Å². The minimum atomic E-state index is -0.635. The minimum absolute atomic E-state index is 0.120. The second kappa shape index (κ2) is 14.8. The summed E-state index contributed by atoms with van der Waals surface area (Å²) in [7, 11) is 0. The fourth-order valence-electron chi connectivity index (χ4n) is 6.76. The molecule has 2 aromatic heterocycles. The third kappa shape index (κ3) is 7.84. The van der Waals surface area contributed by atoms with Gasteiger partial charge in [-0.1, -0.05) is 51.2 Å². The number of piperidine rings is 1. The van der Waals surface area contributed by atoms with Crippen LogP contribution >= 0.6 is 0 Å². The zero-order valence-electron chi connectivity index (χ0n) is 30.1. The molecule has 0 spiro atoms. The van der Waals surface area contributed by atoms with Crippen LogP contribution in [0.15, 0.2) is 73.1 Å². The van der Waals surface area contributed by atoms with Crippen molar-refractivity contribution in [3.8, 4) is 17.5 Å². The van der Waals surface area contributed by atoms with Gasteiger partial charge in [-0.3, -0.25) is 34.7 Å². The van der Waals surface area contributed by atoms with E-state index in [0.717, 1.165) is 65.6 Å². The Morgan fingerprint density at radius 1 is 0.981 bits per heavy atom. The number of aryl methyl sites for hydroxylation is 1. The topological polar surface area (TPSA) is 154 Å². The number of nitrogens with zero attached hydrogens (tertiary/aromatic N) is 4. The Balaban J connectivity index is 0.876. The molecule has 0 saturated carbocycles. The van der Waals surface area contributed by atoms with E-state index in [1.807, 2.05) is 53.4 Å². The summed E-state index contributed by atoms with van der Waals surface area (Å²) in [6, 6.07) is 20.4. The van der Waals surface area contributed by atoms with Crippen LogP contribution in [-0.4, -0.2) is 54.4 Å². The summed E-state index contributed by atoms with van der Waals surface area (Å²) < 4.78 is 2.03. The number of carbonyl (C=O) groups is 4. The van der Waals surface area contributed by atoms with Crippen LogP contribution in [-0.2, 0) is 28.0 Å². The number of anilines is 2. The number of unbranched alkanes of at least 4 members (excludes halogenated alkanes) is 3. The molecule has 2 aliphatic heterocycles. The van der Waals surface area contributed by atoms with Gasteiger partial charge in [-0.05, 0) is 85.3 Å². The number of imide groups is 1. The normalized spacial score (nSPS) is 15.6. The Hall–Kier alpha value is -6.22. The predicted molar refractivity (Wildman–Crippen MR) is 203 cm³/mol. The van der Waals surface area contributed by atoms with E-state index in [-0.39, 0.29) is 29.7 Å². The number of aromatic amines is 1. The molecule has 2 aliphatic rings. The second-order valence-electron chi connectivity index (χ2n) is 14.6. The monoisotopic (exact) mass is 710 g/mol. The summed E-state index contributed by atoms with van der Waals surface area (Å²) in [5, 5.41) is 15.1. The quantitative estimate of drug-likeness (QED) is 0.0768. The average Bonchev–Trinajstić information content (AvgIpc) is 3.86. The first-order valence-corrected chi connectivity index (χ1v) is 18.0. The average molecular weight is 711 g/mol. The molecule has 4 N–H and O–H groups in total. The number of hydrogen-bond donors (Lipinski definition) is 4. The third-order valence-electron chi connectivity index (χ3n) is 9.68. The van der Waals surface area contributed by atoms with Gasteiger partial charge in [0.1, 0.15) is 18.2 Å². The molecule has 4 heterocycles. The Morgan fingerprint density at radius 2 is 1.81 bits per heavy atom. The fourth-order valence-corrected chi connectivity index (χ4v) is 6.76. The largest absolute Gasteiger partial charge is 0.324 e. The predicted octanol–water partition coefficient (Wildman–Crippen LogP) is 6.61. The fraction of sp³-hybridized carbons (Fsp3) is 0.317. The third-order valence-corrected chi connectivity index (χ3v) is 9.68. The summed E-state index contributed by atoms with van der Waals surface area (Å²) in [5.41, 5.74) is 7.76. The number of rotatable bonds is 9. The van der Waals surface area contributed by atoms with Gasteiger partial charge in [0.25, 0.3) is 5.91 Å². The summed E-state index contributed by atoms with van der Waals surface area (Å²) in [5.74, 6) is 6.18. The van der Waals surface area contributed by atoms with Crippen molar-refractivity contribution in [3.63, 3.8) is 0 Å². The van der Waals surface area contributed by atoms with Crippen molar-refractivity contribution in [3.05, 3.63) is 101 Å². The maximum Gasteiger partial charge on any atom is 0.324 e. The Kier molecular flexibility index (Phi) is 9.82. The molecule has 5 aromatic rings. The molecule has 270 valence electrons. The molecule has 7 rings (SSSR count). The number of imidazole rings is 1. The van der Waals surface area contributed by atoms with Crippen LogP contribution in [0.5, 0.6) is 0 Å². The maximum absolute atomic E-state index is 13.1. The smallest absolute Gasteiger partial charge is 0.322 e. The van der Waals surface area contributed by atoms with Crippen molar-refractivity contribution in [1.82, 2.24) is 30.0 Å². The molecule has 1 fully saturated rings. The highest BCUT2D eigenvalue weighted by Crippen LogP contribution is 2.30. The lowest BCUT2D eigenvalue weighted by atomic mass is 9.92. The van der Waals surface area contributed by atoms with Crippen molar-refractivity contribution in [1.29, 1.82) is 0 Å². The van der Waals surface area contributed by atoms with Crippen LogP contribution in [0.2, 0.25) is 0 Å². The molecular weight excluding hydrogens is 669 g/mol. The van der Waals surface area contributed by atoms with Gasteiger partial charge in [0.2, 0.25) is 11.8 Å². The summed E-state index contributed by atoms with van der Waals surface area (Å²) in [6.07, 6.45) is 7.11. The second-order valence-corrected chi connectivity index (χ2v) is 14.6. The number of amides is 5. The molecule has 12 nitrogen and oxygen atoms in total. The zero-order chi connectivity index (χ0) is 37.1. The van der Waals surface area contributed by atoms with Gasteiger partial charge in [0, 0.05) is 53.4 Å². The highest BCUT2D eigenvalue weighted by molar-refractivity contribution is 6.05. The van der Waals surface area contributed by atoms with Crippen molar-refractivity contribution in [2.24, 2.45) is 0 Å². The minimum Gasteiger partial charge on any atom is -0.322 e. The van der Waals surface area contributed by atoms with E-state index in [1.54, 1.807) is 11.0 Å². The van der Waals surface area contributed by atoms with Crippen LogP contribution in [0.25, 0.3) is 16.7 Å². The van der Waals surface area contributed by atoms with Gasteiger partial charge in [-0.25, -0.2) is 9.78 Å². The molecular formula is C41H42N8O4. The highest BCUT2D eigenvalue weighted by Gasteiger charge is 2.39. The first-order chi connectivity index (χ1) is 25.5. The van der Waals surface area contributed by atoms with Crippen molar-refractivity contribution < 1.29 is 19.2 Å². The Morgan fingerprint density at radius 3 is 2.58 bits per heavy atom. The van der Waals surface area contributed by atoms with Crippen LogP contribution < -0.4 is 16.0 Å². The number of benzene rings is 3. The molecule has 53 heavy (non-hydrogen) atoms. The molecule has 5 amide bonds. The first kappa shape index (κ1) is 35.2. The molecule has 12 heteroatoms. The lowest BCUT2D eigenvalue weighted by Crippen LogP contribution is -2.52. The maximum atomic E-state index is 13.1. The lowest BCUT2D eigenvalue weighted by Gasteiger charge is -2.29. The Bertz CT molecular complexity index is 2270. The van der Waals surface area contributed by atoms with E-state index >= 15 is 0 Å². The van der Waals surface area contributed by atoms with Gasteiger partial charge >= 0.3 is 6.03 Å². The Labute approximate surface area is 307 Å². The summed E-state index contributed by atoms with van der Waals surface area (Å²) >= 11 is 0. The molecule has 0 aliphatic carbocycles. The van der Waals surface area contributed by atoms with Gasteiger partial charge in [0.05, 0.1) is 16.7 Å². The standard InChI is InChI=1S/C41H42N8O4/c1-41(2,3)35-23-36(47-46-35)44-40(53)43-28-15-17-29(18-16-28)49-25-42-32-22-26(14-19-33(32)49)10-7-5-4-6-8-11-27-12-9-13-30-31(27)24-48(39(30)52)34-20-21-37(50)45-38(34)51/h9,12-19,22-23,25,34H,4-7,10,20-21,24H2,1-3H3,(H,45,50,51)(H3,43,44,46,47,53). The van der Waals surface area contributed by atoms with Crippen LogP contribution in [0.1, 0.15) is 92.0 Å². The number of urea groups is 1. The van der Waals surface area contributed by atoms with E-state index in [4.69, 9.17) is 0 Å². The van der Waals surface area contributed by atoms with E-state index in [1.165, 1.54) is 5.56 Å². The van der Waals surface area contributed by atoms with Gasteiger partial charge in [-0.15, -0.1) is 0 Å². The lowest BCUT2D eigenvalue weighted by molar-refractivity contribution is -0.136. The molecule has 0 radical (unpaired) electrons. The van der Waals surface area contributed by atoms with Crippen molar-refractivity contribution in [2.45, 2.75) is 83.7 Å². The van der Waals surface area contributed by atoms with E-state index < -0.39 is 11.9 Å². The van der Waals surface area contributed by atoms with E-state index in [0.29, 0.717) is 30.0 Å². The van der Waals surface area contributed by atoms with Gasteiger partial charge < -0.3 is 10.2 Å². The summed E-state index contributed by atoms with van der Waals surface area (Å²) in [6.45, 7) is 6.51. The molecule has 0 bridgehead atoms. The van der Waals surface area contributed by atoms with Crippen molar-refractivity contribution >= 4 is 46.3 Å². The molecule has 1 atom stereocenters. The number of fused-ring (bicyclic) bond motifs is 2. The van der Waals surface area contributed by atoms with Crippen molar-refractivity contribution in [2.75, 3.05) is 10.6 Å². The van der Waals surface area contributed by atoms with Gasteiger partial charge in [0.15, 0.2) is 0 Å². The molecule has 1 unspecified atom stereocenters.